The molecule has 7 nitrogen and oxygen atoms in total. The van der Waals surface area contributed by atoms with Crippen molar-refractivity contribution < 1.29 is 4.92 Å². The first-order valence-electron chi connectivity index (χ1n) is 8.14. The van der Waals surface area contributed by atoms with Gasteiger partial charge < -0.3 is 0 Å². The van der Waals surface area contributed by atoms with Crippen LogP contribution in [0.15, 0.2) is 29.1 Å². The van der Waals surface area contributed by atoms with Crippen molar-refractivity contribution in [2.24, 2.45) is 5.92 Å². The number of hydrogen-bond acceptors (Lipinski definition) is 6. The Morgan fingerprint density at radius 1 is 1.36 bits per heavy atom. The van der Waals surface area contributed by atoms with E-state index >= 15 is 0 Å². The molecule has 0 amide bonds. The van der Waals surface area contributed by atoms with Crippen molar-refractivity contribution in [3.63, 3.8) is 0 Å². The van der Waals surface area contributed by atoms with Gasteiger partial charge in [-0.25, -0.2) is 4.68 Å². The van der Waals surface area contributed by atoms with Gasteiger partial charge in [-0.15, -0.1) is 16.4 Å². The normalized spacial score (nSPS) is 16.8. The SMILES string of the molecule is C[C@@H]1CCc2c(sc3nnn(Cc4ccc([N+](=O)[O-])cc4)c(=O)c23)C1. The van der Waals surface area contributed by atoms with Gasteiger partial charge in [0.05, 0.1) is 16.9 Å². The van der Waals surface area contributed by atoms with Crippen LogP contribution in [0.4, 0.5) is 5.69 Å². The highest BCUT2D eigenvalue weighted by Gasteiger charge is 2.23. The highest BCUT2D eigenvalue weighted by molar-refractivity contribution is 7.18. The molecular formula is C17H16N4O3S. The Balaban J connectivity index is 1.72. The maximum absolute atomic E-state index is 12.9. The summed E-state index contributed by atoms with van der Waals surface area (Å²) in [6.45, 7) is 2.48. The van der Waals surface area contributed by atoms with Crippen LogP contribution in [0.25, 0.3) is 10.2 Å². The van der Waals surface area contributed by atoms with Crippen LogP contribution in [0.5, 0.6) is 0 Å². The van der Waals surface area contributed by atoms with E-state index in [0.717, 1.165) is 30.4 Å². The summed E-state index contributed by atoms with van der Waals surface area (Å²) in [6.07, 6.45) is 3.00. The minimum absolute atomic E-state index is 0.0265. The third-order valence-electron chi connectivity index (χ3n) is 4.66. The highest BCUT2D eigenvalue weighted by Crippen LogP contribution is 2.35. The maximum atomic E-state index is 12.9. The summed E-state index contributed by atoms with van der Waals surface area (Å²) in [5.74, 6) is 0.635. The van der Waals surface area contributed by atoms with Gasteiger partial charge in [-0.05, 0) is 36.3 Å². The summed E-state index contributed by atoms with van der Waals surface area (Å²) >= 11 is 1.58. The van der Waals surface area contributed by atoms with Crippen molar-refractivity contribution in [1.82, 2.24) is 15.0 Å². The molecule has 4 rings (SSSR count). The van der Waals surface area contributed by atoms with Gasteiger partial charge in [-0.1, -0.05) is 24.3 Å². The second-order valence-corrected chi connectivity index (χ2v) is 7.59. The van der Waals surface area contributed by atoms with Crippen molar-refractivity contribution >= 4 is 27.2 Å². The molecule has 0 aliphatic heterocycles. The quantitative estimate of drug-likeness (QED) is 0.531. The summed E-state index contributed by atoms with van der Waals surface area (Å²) in [4.78, 5) is 25.1. The van der Waals surface area contributed by atoms with Crippen LogP contribution >= 0.6 is 11.3 Å². The summed E-state index contributed by atoms with van der Waals surface area (Å²) in [5, 5.41) is 19.7. The average Bonchev–Trinajstić information content (AvgIpc) is 2.96. The maximum Gasteiger partial charge on any atom is 0.279 e. The molecule has 0 unspecified atom stereocenters. The van der Waals surface area contributed by atoms with Crippen molar-refractivity contribution in [1.29, 1.82) is 0 Å². The number of nitrogens with zero attached hydrogens (tertiary/aromatic N) is 4. The Labute approximate surface area is 147 Å². The molecule has 0 saturated carbocycles. The molecule has 0 N–H and O–H groups in total. The molecule has 0 saturated heterocycles. The Kier molecular flexibility index (Phi) is 3.84. The van der Waals surface area contributed by atoms with E-state index < -0.39 is 4.92 Å². The lowest BCUT2D eigenvalue weighted by atomic mass is 9.89. The summed E-state index contributed by atoms with van der Waals surface area (Å²) < 4.78 is 1.34. The zero-order valence-corrected chi connectivity index (χ0v) is 14.5. The molecule has 2 heterocycles. The number of nitro benzene ring substituents is 1. The van der Waals surface area contributed by atoms with Gasteiger partial charge in [0.15, 0.2) is 4.83 Å². The molecule has 128 valence electrons. The van der Waals surface area contributed by atoms with Gasteiger partial charge in [0.25, 0.3) is 11.2 Å². The zero-order valence-electron chi connectivity index (χ0n) is 13.6. The number of thiophene rings is 1. The highest BCUT2D eigenvalue weighted by atomic mass is 32.1. The van der Waals surface area contributed by atoms with Gasteiger partial charge in [0.2, 0.25) is 0 Å². The van der Waals surface area contributed by atoms with E-state index in [4.69, 9.17) is 0 Å². The second kappa shape index (κ2) is 6.03. The Hall–Kier alpha value is -2.61. The van der Waals surface area contributed by atoms with Gasteiger partial charge in [0.1, 0.15) is 0 Å². The number of hydrogen-bond donors (Lipinski definition) is 0. The fourth-order valence-corrected chi connectivity index (χ4v) is 4.61. The molecule has 0 bridgehead atoms. The molecule has 0 radical (unpaired) electrons. The molecule has 1 aliphatic rings. The number of fused-ring (bicyclic) bond motifs is 3. The first-order valence-corrected chi connectivity index (χ1v) is 8.96. The standard InChI is InChI=1S/C17H16N4O3S/c1-10-2-7-13-14(8-10)25-16-15(13)17(22)20(19-18-16)9-11-3-5-12(6-4-11)21(23)24/h3-6,10H,2,7-9H2,1H3/t10-/m1/s1. The van der Waals surface area contributed by atoms with Crippen LogP contribution in [0, 0.1) is 16.0 Å². The van der Waals surface area contributed by atoms with E-state index in [1.165, 1.54) is 21.7 Å². The van der Waals surface area contributed by atoms with E-state index in [-0.39, 0.29) is 17.8 Å². The van der Waals surface area contributed by atoms with Gasteiger partial charge in [-0.2, -0.15) is 0 Å². The van der Waals surface area contributed by atoms with Crippen molar-refractivity contribution in [3.05, 3.63) is 60.7 Å². The number of non-ortho nitro benzene ring substituents is 1. The van der Waals surface area contributed by atoms with E-state index in [2.05, 4.69) is 17.2 Å². The smallest absolute Gasteiger partial charge is 0.267 e. The van der Waals surface area contributed by atoms with E-state index in [9.17, 15) is 14.9 Å². The van der Waals surface area contributed by atoms with E-state index in [1.54, 1.807) is 23.5 Å². The fourth-order valence-electron chi connectivity index (χ4n) is 3.29. The lowest BCUT2D eigenvalue weighted by Crippen LogP contribution is -2.25. The lowest BCUT2D eigenvalue weighted by Gasteiger charge is -2.17. The predicted molar refractivity (Wildman–Crippen MR) is 95.1 cm³/mol. The Morgan fingerprint density at radius 2 is 2.12 bits per heavy atom. The molecule has 2 aromatic heterocycles. The molecule has 8 heteroatoms. The van der Waals surface area contributed by atoms with E-state index in [1.807, 2.05) is 0 Å². The Bertz CT molecular complexity index is 1020. The topological polar surface area (TPSA) is 90.9 Å². The van der Waals surface area contributed by atoms with Crippen molar-refractivity contribution in [2.75, 3.05) is 0 Å². The lowest BCUT2D eigenvalue weighted by molar-refractivity contribution is -0.384. The van der Waals surface area contributed by atoms with Crippen LogP contribution < -0.4 is 5.56 Å². The fraction of sp³-hybridized carbons (Fsp3) is 0.353. The van der Waals surface area contributed by atoms with Crippen molar-refractivity contribution in [2.45, 2.75) is 32.7 Å². The minimum atomic E-state index is -0.444. The van der Waals surface area contributed by atoms with Crippen LogP contribution in [-0.2, 0) is 19.4 Å². The van der Waals surface area contributed by atoms with E-state index in [0.29, 0.717) is 16.1 Å². The second-order valence-electron chi connectivity index (χ2n) is 6.51. The third kappa shape index (κ3) is 2.82. The monoisotopic (exact) mass is 356 g/mol. The van der Waals surface area contributed by atoms with Crippen LogP contribution in [-0.4, -0.2) is 19.9 Å². The summed E-state index contributed by atoms with van der Waals surface area (Å²) in [7, 11) is 0. The number of nitro groups is 1. The number of benzene rings is 1. The number of aromatic nitrogens is 3. The van der Waals surface area contributed by atoms with Crippen LogP contribution in [0.2, 0.25) is 0 Å². The first-order chi connectivity index (χ1) is 12.0. The minimum Gasteiger partial charge on any atom is -0.267 e. The third-order valence-corrected chi connectivity index (χ3v) is 5.80. The molecular weight excluding hydrogens is 340 g/mol. The molecule has 3 aromatic rings. The zero-order chi connectivity index (χ0) is 17.6. The van der Waals surface area contributed by atoms with Gasteiger partial charge in [-0.3, -0.25) is 14.9 Å². The molecule has 25 heavy (non-hydrogen) atoms. The van der Waals surface area contributed by atoms with Gasteiger partial charge in [0, 0.05) is 17.0 Å². The summed E-state index contributed by atoms with van der Waals surface area (Å²) in [5.41, 5.74) is 1.81. The van der Waals surface area contributed by atoms with Gasteiger partial charge >= 0.3 is 0 Å². The van der Waals surface area contributed by atoms with Crippen LogP contribution in [0.1, 0.15) is 29.3 Å². The Morgan fingerprint density at radius 3 is 2.84 bits per heavy atom. The first kappa shape index (κ1) is 15.9. The molecule has 1 aromatic carbocycles. The number of aryl methyl sites for hydroxylation is 1. The average molecular weight is 356 g/mol. The van der Waals surface area contributed by atoms with Crippen LogP contribution in [0.3, 0.4) is 0 Å². The largest absolute Gasteiger partial charge is 0.279 e. The number of rotatable bonds is 3. The van der Waals surface area contributed by atoms with Crippen molar-refractivity contribution in [3.8, 4) is 0 Å². The molecule has 1 aliphatic carbocycles. The predicted octanol–water partition coefficient (Wildman–Crippen LogP) is 2.93. The molecule has 0 spiro atoms. The molecule has 1 atom stereocenters. The summed E-state index contributed by atoms with van der Waals surface area (Å²) in [6, 6.07) is 6.14. The molecule has 0 fully saturated rings.